The lowest BCUT2D eigenvalue weighted by Crippen LogP contribution is -2.42. The molecule has 2 heterocycles. The van der Waals surface area contributed by atoms with Crippen LogP contribution in [0.1, 0.15) is 31.9 Å². The van der Waals surface area contributed by atoms with Crippen LogP contribution in [0.25, 0.3) is 11.6 Å². The van der Waals surface area contributed by atoms with Crippen LogP contribution < -0.4 is 9.64 Å². The van der Waals surface area contributed by atoms with E-state index < -0.39 is 0 Å². The number of aliphatic imine (C=N–C) groups is 1. The Morgan fingerprint density at radius 1 is 1.17 bits per heavy atom. The molecule has 2 aliphatic rings. The van der Waals surface area contributed by atoms with Gasteiger partial charge in [0, 0.05) is 31.0 Å². The molecular weight excluding hydrogens is 465 g/mol. The highest BCUT2D eigenvalue weighted by molar-refractivity contribution is 8.18. The SMILES string of the molecule is COCCN1C(=O)/C(=C\c2cc3c(cc2F)N(C)C(C)(C)C=C3C)SC1=Nc1ccc(OC)cc1. The van der Waals surface area contributed by atoms with Gasteiger partial charge in [0.05, 0.1) is 36.4 Å². The van der Waals surface area contributed by atoms with Crippen molar-refractivity contribution >= 4 is 45.9 Å². The molecule has 2 aromatic carbocycles. The topological polar surface area (TPSA) is 54.4 Å². The number of amides is 1. The smallest absolute Gasteiger partial charge is 0.266 e. The Hall–Kier alpha value is -3.10. The number of methoxy groups -OCH3 is 2. The fourth-order valence-electron chi connectivity index (χ4n) is 4.18. The van der Waals surface area contributed by atoms with Gasteiger partial charge in [0.2, 0.25) is 0 Å². The molecule has 0 saturated carbocycles. The number of carbonyl (C=O) groups excluding carboxylic acids is 1. The second-order valence-corrected chi connectivity index (χ2v) is 10.1. The summed E-state index contributed by atoms with van der Waals surface area (Å²) in [6.45, 7) is 6.94. The summed E-state index contributed by atoms with van der Waals surface area (Å²) in [6, 6.07) is 10.6. The molecule has 184 valence electrons. The van der Waals surface area contributed by atoms with Crippen LogP contribution in [0.2, 0.25) is 0 Å². The molecule has 0 atom stereocenters. The number of fused-ring (bicyclic) bond motifs is 1. The molecule has 1 fully saturated rings. The van der Waals surface area contributed by atoms with E-state index in [2.05, 4.69) is 29.8 Å². The Balaban J connectivity index is 1.71. The molecule has 0 bridgehead atoms. The van der Waals surface area contributed by atoms with Crippen LogP contribution in [-0.2, 0) is 9.53 Å². The number of allylic oxidation sites excluding steroid dienone is 1. The van der Waals surface area contributed by atoms with E-state index >= 15 is 4.39 Å². The number of rotatable bonds is 6. The second kappa shape index (κ2) is 9.87. The van der Waals surface area contributed by atoms with E-state index in [1.165, 1.54) is 11.8 Å². The number of carbonyl (C=O) groups is 1. The summed E-state index contributed by atoms with van der Waals surface area (Å²) in [4.78, 5) is 22.0. The van der Waals surface area contributed by atoms with Gasteiger partial charge in [0.25, 0.3) is 5.91 Å². The minimum atomic E-state index is -0.369. The van der Waals surface area contributed by atoms with Gasteiger partial charge < -0.3 is 14.4 Å². The fraction of sp³-hybridized carbons (Fsp3) is 0.333. The lowest BCUT2D eigenvalue weighted by Gasteiger charge is -2.40. The summed E-state index contributed by atoms with van der Waals surface area (Å²) in [6.07, 6.45) is 3.79. The molecule has 2 aromatic rings. The summed E-state index contributed by atoms with van der Waals surface area (Å²) >= 11 is 1.23. The first-order valence-electron chi connectivity index (χ1n) is 11.3. The lowest BCUT2D eigenvalue weighted by molar-refractivity contribution is -0.122. The van der Waals surface area contributed by atoms with Crippen molar-refractivity contribution in [3.63, 3.8) is 0 Å². The molecule has 0 spiro atoms. The molecule has 0 aliphatic carbocycles. The number of benzene rings is 2. The van der Waals surface area contributed by atoms with Gasteiger partial charge in [-0.1, -0.05) is 6.08 Å². The average molecular weight is 496 g/mol. The van der Waals surface area contributed by atoms with Crippen molar-refractivity contribution < 1.29 is 18.7 Å². The number of thioether (sulfide) groups is 1. The average Bonchev–Trinajstić information content (AvgIpc) is 3.11. The van der Waals surface area contributed by atoms with Crippen molar-refractivity contribution in [2.75, 3.05) is 39.3 Å². The Morgan fingerprint density at radius 3 is 2.54 bits per heavy atom. The van der Waals surface area contributed by atoms with Crippen LogP contribution in [0.15, 0.2) is 52.4 Å². The normalized spacial score (nSPS) is 19.4. The van der Waals surface area contributed by atoms with Gasteiger partial charge in [-0.05, 0) is 80.6 Å². The molecule has 4 rings (SSSR count). The number of amidine groups is 1. The van der Waals surface area contributed by atoms with E-state index in [1.54, 1.807) is 31.3 Å². The molecule has 0 unspecified atom stereocenters. The molecule has 35 heavy (non-hydrogen) atoms. The van der Waals surface area contributed by atoms with Gasteiger partial charge in [-0.3, -0.25) is 9.69 Å². The van der Waals surface area contributed by atoms with Crippen LogP contribution in [-0.4, -0.2) is 55.9 Å². The van der Waals surface area contributed by atoms with Gasteiger partial charge in [-0.25, -0.2) is 9.38 Å². The highest BCUT2D eigenvalue weighted by Gasteiger charge is 2.34. The minimum Gasteiger partial charge on any atom is -0.497 e. The molecule has 2 aliphatic heterocycles. The maximum Gasteiger partial charge on any atom is 0.266 e. The Kier molecular flexibility index (Phi) is 7.05. The predicted molar refractivity (Wildman–Crippen MR) is 142 cm³/mol. The number of hydrogen-bond acceptors (Lipinski definition) is 6. The molecule has 0 aromatic heterocycles. The molecule has 1 amide bonds. The summed E-state index contributed by atoms with van der Waals surface area (Å²) in [5.74, 6) is 0.134. The largest absolute Gasteiger partial charge is 0.497 e. The van der Waals surface area contributed by atoms with E-state index in [1.807, 2.05) is 44.3 Å². The minimum absolute atomic E-state index is 0.213. The van der Waals surface area contributed by atoms with Crippen LogP contribution in [0.4, 0.5) is 15.8 Å². The van der Waals surface area contributed by atoms with E-state index in [-0.39, 0.29) is 17.3 Å². The lowest BCUT2D eigenvalue weighted by atomic mass is 9.88. The highest BCUT2D eigenvalue weighted by atomic mass is 32.2. The first kappa shape index (κ1) is 25.0. The zero-order valence-electron chi connectivity index (χ0n) is 20.9. The van der Waals surface area contributed by atoms with Crippen LogP contribution in [0.3, 0.4) is 0 Å². The summed E-state index contributed by atoms with van der Waals surface area (Å²) in [7, 11) is 5.15. The van der Waals surface area contributed by atoms with Crippen LogP contribution in [0.5, 0.6) is 5.75 Å². The van der Waals surface area contributed by atoms with Gasteiger partial charge in [-0.2, -0.15) is 0 Å². The zero-order valence-corrected chi connectivity index (χ0v) is 21.7. The number of hydrogen-bond donors (Lipinski definition) is 0. The highest BCUT2D eigenvalue weighted by Crippen LogP contribution is 2.40. The monoisotopic (exact) mass is 495 g/mol. The van der Waals surface area contributed by atoms with E-state index in [0.717, 1.165) is 22.6 Å². The number of likely N-dealkylation sites (N-methyl/N-ethyl adjacent to an activating group) is 1. The van der Waals surface area contributed by atoms with E-state index in [9.17, 15) is 4.79 Å². The fourth-order valence-corrected chi connectivity index (χ4v) is 5.19. The number of nitrogens with zero attached hydrogens (tertiary/aromatic N) is 3. The number of halogens is 1. The van der Waals surface area contributed by atoms with Crippen molar-refractivity contribution in [3.8, 4) is 5.75 Å². The number of ether oxygens (including phenoxy) is 2. The Labute approximate surface area is 210 Å². The third-order valence-electron chi connectivity index (χ3n) is 6.33. The van der Waals surface area contributed by atoms with E-state index in [4.69, 9.17) is 9.47 Å². The summed E-state index contributed by atoms with van der Waals surface area (Å²) < 4.78 is 25.6. The van der Waals surface area contributed by atoms with Crippen molar-refractivity contribution in [1.82, 2.24) is 4.90 Å². The van der Waals surface area contributed by atoms with Crippen molar-refractivity contribution in [3.05, 3.63) is 64.3 Å². The predicted octanol–water partition coefficient (Wildman–Crippen LogP) is 5.72. The Bertz CT molecular complexity index is 1230. The van der Waals surface area contributed by atoms with Crippen LogP contribution >= 0.6 is 11.8 Å². The maximum absolute atomic E-state index is 15.2. The standard InChI is InChI=1S/C27H30FN3O3S/c1-17-16-27(2,3)30(4)23-15-22(28)18(13-21(17)23)14-24-25(32)31(11-12-33-5)26(35-24)29-19-7-9-20(34-6)10-8-19/h7-10,13-16H,11-12H2,1-6H3/b24-14+,29-26?. The molecule has 8 heteroatoms. The van der Waals surface area contributed by atoms with Crippen molar-refractivity contribution in [2.24, 2.45) is 4.99 Å². The third-order valence-corrected chi connectivity index (χ3v) is 7.33. The van der Waals surface area contributed by atoms with Gasteiger partial charge in [0.1, 0.15) is 11.6 Å². The first-order chi connectivity index (χ1) is 16.6. The molecular formula is C27H30FN3O3S. The van der Waals surface area contributed by atoms with Crippen LogP contribution in [0, 0.1) is 5.82 Å². The third kappa shape index (κ3) is 4.99. The van der Waals surface area contributed by atoms with E-state index in [0.29, 0.717) is 34.5 Å². The quantitative estimate of drug-likeness (QED) is 0.480. The van der Waals surface area contributed by atoms with Crippen molar-refractivity contribution in [1.29, 1.82) is 0 Å². The number of anilines is 1. The molecule has 0 radical (unpaired) electrons. The molecule has 6 nitrogen and oxygen atoms in total. The molecule has 1 saturated heterocycles. The van der Waals surface area contributed by atoms with Gasteiger partial charge in [0.15, 0.2) is 5.17 Å². The van der Waals surface area contributed by atoms with Crippen molar-refractivity contribution in [2.45, 2.75) is 26.3 Å². The molecule has 0 N–H and O–H groups in total. The maximum atomic E-state index is 15.2. The first-order valence-corrected chi connectivity index (χ1v) is 12.2. The summed E-state index contributed by atoms with van der Waals surface area (Å²) in [5.41, 5.74) is 3.73. The second-order valence-electron chi connectivity index (χ2n) is 9.08. The Morgan fingerprint density at radius 2 is 1.89 bits per heavy atom. The summed E-state index contributed by atoms with van der Waals surface area (Å²) in [5, 5.41) is 0.527. The van der Waals surface area contributed by atoms with Gasteiger partial charge >= 0.3 is 0 Å². The van der Waals surface area contributed by atoms with Gasteiger partial charge in [-0.15, -0.1) is 0 Å². The zero-order chi connectivity index (χ0) is 25.3.